The Morgan fingerprint density at radius 2 is 2.00 bits per heavy atom. The van der Waals surface area contributed by atoms with Gasteiger partial charge in [0, 0.05) is 11.8 Å². The summed E-state index contributed by atoms with van der Waals surface area (Å²) < 4.78 is 5.52. The molecule has 1 heterocycles. The number of hydrogen-bond donors (Lipinski definition) is 1. The molecule has 0 aliphatic heterocycles. The largest absolute Gasteiger partial charge is 0.374 e. The number of benzene rings is 1. The van der Waals surface area contributed by atoms with Crippen molar-refractivity contribution in [2.75, 3.05) is 5.32 Å². The molecule has 1 amide bonds. The molecule has 0 spiro atoms. The molecule has 0 radical (unpaired) electrons. The molecule has 104 valence electrons. The van der Waals surface area contributed by atoms with Gasteiger partial charge in [-0.3, -0.25) is 9.78 Å². The fourth-order valence-corrected chi connectivity index (χ4v) is 1.66. The van der Waals surface area contributed by atoms with E-state index in [1.807, 2.05) is 26.0 Å². The van der Waals surface area contributed by atoms with Crippen LogP contribution in [-0.4, -0.2) is 17.0 Å². The summed E-state index contributed by atoms with van der Waals surface area (Å²) >= 11 is 0. The van der Waals surface area contributed by atoms with E-state index in [1.54, 1.807) is 36.7 Å². The van der Waals surface area contributed by atoms with Gasteiger partial charge in [-0.1, -0.05) is 12.1 Å². The van der Waals surface area contributed by atoms with E-state index in [0.29, 0.717) is 17.9 Å². The van der Waals surface area contributed by atoms with E-state index >= 15 is 0 Å². The molecular weight excluding hydrogens is 252 g/mol. The van der Waals surface area contributed by atoms with Crippen molar-refractivity contribution in [3.05, 3.63) is 59.9 Å². The predicted molar refractivity (Wildman–Crippen MR) is 78.6 cm³/mol. The molecule has 1 N–H and O–H groups in total. The number of aromatic nitrogens is 1. The van der Waals surface area contributed by atoms with Gasteiger partial charge in [0.15, 0.2) is 0 Å². The fraction of sp³-hybridized carbons (Fsp3) is 0.250. The highest BCUT2D eigenvalue weighted by molar-refractivity contribution is 6.04. The monoisotopic (exact) mass is 270 g/mol. The highest BCUT2D eigenvalue weighted by Gasteiger charge is 2.06. The van der Waals surface area contributed by atoms with Gasteiger partial charge < -0.3 is 10.1 Å². The van der Waals surface area contributed by atoms with E-state index in [1.165, 1.54) is 0 Å². The van der Waals surface area contributed by atoms with Gasteiger partial charge in [0.1, 0.15) is 0 Å². The number of hydrogen-bond acceptors (Lipinski definition) is 3. The Labute approximate surface area is 118 Å². The first-order valence-corrected chi connectivity index (χ1v) is 6.57. The quantitative estimate of drug-likeness (QED) is 0.907. The second-order valence-corrected chi connectivity index (χ2v) is 4.75. The molecular formula is C16H18N2O2. The smallest absolute Gasteiger partial charge is 0.255 e. The van der Waals surface area contributed by atoms with Crippen LogP contribution < -0.4 is 5.32 Å². The topological polar surface area (TPSA) is 51.2 Å². The van der Waals surface area contributed by atoms with Crippen LogP contribution in [0, 0.1) is 0 Å². The Bertz CT molecular complexity index is 550. The molecule has 1 aromatic heterocycles. The number of carbonyl (C=O) groups is 1. The van der Waals surface area contributed by atoms with Gasteiger partial charge in [0.2, 0.25) is 0 Å². The summed E-state index contributed by atoms with van der Waals surface area (Å²) in [6.07, 6.45) is 3.48. The number of nitrogens with zero attached hydrogens (tertiary/aromatic N) is 1. The minimum Gasteiger partial charge on any atom is -0.374 e. The first-order chi connectivity index (χ1) is 9.65. The molecule has 4 heteroatoms. The van der Waals surface area contributed by atoms with Gasteiger partial charge in [-0.2, -0.15) is 0 Å². The van der Waals surface area contributed by atoms with E-state index in [9.17, 15) is 4.79 Å². The van der Waals surface area contributed by atoms with Crippen molar-refractivity contribution in [3.8, 4) is 0 Å². The van der Waals surface area contributed by atoms with Crippen LogP contribution in [0.3, 0.4) is 0 Å². The van der Waals surface area contributed by atoms with Gasteiger partial charge in [0.25, 0.3) is 5.91 Å². The zero-order chi connectivity index (χ0) is 14.4. The van der Waals surface area contributed by atoms with Crippen LogP contribution in [0.5, 0.6) is 0 Å². The van der Waals surface area contributed by atoms with Gasteiger partial charge in [-0.05, 0) is 43.7 Å². The molecule has 0 unspecified atom stereocenters. The zero-order valence-corrected chi connectivity index (χ0v) is 11.7. The average Bonchev–Trinajstić information content (AvgIpc) is 2.46. The van der Waals surface area contributed by atoms with Crippen LogP contribution in [0.1, 0.15) is 29.8 Å². The standard InChI is InChI=1S/C16H18N2O2/c1-12(2)20-11-13-5-7-14(8-6-13)16(19)18-15-4-3-9-17-10-15/h3-10,12H,11H2,1-2H3,(H,18,19). The molecule has 1 aromatic carbocycles. The Morgan fingerprint density at radius 1 is 1.25 bits per heavy atom. The predicted octanol–water partition coefficient (Wildman–Crippen LogP) is 3.26. The number of ether oxygens (including phenoxy) is 1. The van der Waals surface area contributed by atoms with Crippen LogP contribution in [0.2, 0.25) is 0 Å². The molecule has 0 bridgehead atoms. The third-order valence-corrected chi connectivity index (χ3v) is 2.72. The van der Waals surface area contributed by atoms with E-state index in [2.05, 4.69) is 10.3 Å². The van der Waals surface area contributed by atoms with Crippen LogP contribution in [0.15, 0.2) is 48.8 Å². The zero-order valence-electron chi connectivity index (χ0n) is 11.7. The first kappa shape index (κ1) is 14.2. The van der Waals surface area contributed by atoms with Crippen molar-refractivity contribution in [2.45, 2.75) is 26.6 Å². The maximum Gasteiger partial charge on any atom is 0.255 e. The maximum atomic E-state index is 12.0. The van der Waals surface area contributed by atoms with Crippen molar-refractivity contribution < 1.29 is 9.53 Å². The molecule has 0 fully saturated rings. The van der Waals surface area contributed by atoms with Crippen molar-refractivity contribution in [1.82, 2.24) is 4.98 Å². The Morgan fingerprint density at radius 3 is 2.60 bits per heavy atom. The van der Waals surface area contributed by atoms with E-state index < -0.39 is 0 Å². The summed E-state index contributed by atoms with van der Waals surface area (Å²) in [6, 6.07) is 11.0. The van der Waals surface area contributed by atoms with Gasteiger partial charge in [0.05, 0.1) is 24.6 Å². The number of carbonyl (C=O) groups excluding carboxylic acids is 1. The molecule has 4 nitrogen and oxygen atoms in total. The van der Waals surface area contributed by atoms with Crippen molar-refractivity contribution in [3.63, 3.8) is 0 Å². The molecule has 2 aromatic rings. The normalized spacial score (nSPS) is 10.6. The number of pyridine rings is 1. The van der Waals surface area contributed by atoms with Crippen LogP contribution in [-0.2, 0) is 11.3 Å². The van der Waals surface area contributed by atoms with Gasteiger partial charge in [-0.25, -0.2) is 0 Å². The highest BCUT2D eigenvalue weighted by Crippen LogP contribution is 2.10. The second-order valence-electron chi connectivity index (χ2n) is 4.75. The fourth-order valence-electron chi connectivity index (χ4n) is 1.66. The Balaban J connectivity index is 1.97. The summed E-state index contributed by atoms with van der Waals surface area (Å²) in [5.41, 5.74) is 2.35. The van der Waals surface area contributed by atoms with Crippen LogP contribution >= 0.6 is 0 Å². The summed E-state index contributed by atoms with van der Waals surface area (Å²) in [6.45, 7) is 4.55. The van der Waals surface area contributed by atoms with E-state index in [-0.39, 0.29) is 12.0 Å². The lowest BCUT2D eigenvalue weighted by atomic mass is 10.1. The molecule has 0 atom stereocenters. The number of nitrogens with one attached hydrogen (secondary N) is 1. The van der Waals surface area contributed by atoms with Crippen LogP contribution in [0.4, 0.5) is 5.69 Å². The highest BCUT2D eigenvalue weighted by atomic mass is 16.5. The summed E-state index contributed by atoms with van der Waals surface area (Å²) in [5.74, 6) is -0.144. The SMILES string of the molecule is CC(C)OCc1ccc(C(=O)Nc2cccnc2)cc1. The van der Waals surface area contributed by atoms with Crippen LogP contribution in [0.25, 0.3) is 0 Å². The lowest BCUT2D eigenvalue weighted by Gasteiger charge is -2.08. The Hall–Kier alpha value is -2.20. The van der Waals surface area contributed by atoms with Gasteiger partial charge >= 0.3 is 0 Å². The van der Waals surface area contributed by atoms with E-state index in [0.717, 1.165) is 5.56 Å². The second kappa shape index (κ2) is 6.82. The lowest BCUT2D eigenvalue weighted by Crippen LogP contribution is -2.12. The van der Waals surface area contributed by atoms with Crippen molar-refractivity contribution in [1.29, 1.82) is 0 Å². The molecule has 0 aliphatic rings. The number of rotatable bonds is 5. The van der Waals surface area contributed by atoms with E-state index in [4.69, 9.17) is 4.74 Å². The summed E-state index contributed by atoms with van der Waals surface area (Å²) in [5, 5.41) is 2.80. The van der Waals surface area contributed by atoms with Crippen molar-refractivity contribution in [2.24, 2.45) is 0 Å². The summed E-state index contributed by atoms with van der Waals surface area (Å²) in [4.78, 5) is 16.0. The molecule has 0 saturated heterocycles. The number of anilines is 1. The number of amides is 1. The maximum absolute atomic E-state index is 12.0. The molecule has 20 heavy (non-hydrogen) atoms. The Kier molecular flexibility index (Phi) is 4.85. The third-order valence-electron chi connectivity index (χ3n) is 2.72. The minimum absolute atomic E-state index is 0.144. The third kappa shape index (κ3) is 4.17. The van der Waals surface area contributed by atoms with Gasteiger partial charge in [-0.15, -0.1) is 0 Å². The molecule has 2 rings (SSSR count). The lowest BCUT2D eigenvalue weighted by molar-refractivity contribution is 0.0657. The minimum atomic E-state index is -0.144. The summed E-state index contributed by atoms with van der Waals surface area (Å²) in [7, 11) is 0. The molecule has 0 aliphatic carbocycles. The first-order valence-electron chi connectivity index (χ1n) is 6.57. The van der Waals surface area contributed by atoms with Crippen molar-refractivity contribution >= 4 is 11.6 Å². The molecule has 0 saturated carbocycles. The average molecular weight is 270 g/mol.